The number of ether oxygens (including phenoxy) is 1. The van der Waals surface area contributed by atoms with Gasteiger partial charge in [-0.1, -0.05) is 89.0 Å². The van der Waals surface area contributed by atoms with Crippen molar-refractivity contribution in [2.45, 2.75) is 83.1 Å². The fraction of sp³-hybridized carbons (Fsp3) is 0.188. The van der Waals surface area contributed by atoms with E-state index in [1.807, 2.05) is 99.6 Å². The normalized spacial score (nSPS) is 10.3. The maximum Gasteiger partial charge on any atom is 0.119 e. The SMILES string of the molecule is COc1ccc(-n2nccn2)c(C)c1.Cc1cc(C)c(-n2nccn2)cc1C.Cc1cc(Cl)ccc1-n1nccn1.Cc1ccc(-n2nccn2)c(C)c1.Cc1ccc(-n2nccn2)c(C)c1.Cc1ccc(-n2nccn2)c(C)c1.Cc1ccccc1-n1nccn1. The Morgan fingerprint density at radius 1 is 0.239 bits per heavy atom. The Balaban J connectivity index is 0.000000138. The molecule has 0 aliphatic heterocycles. The summed E-state index contributed by atoms with van der Waals surface area (Å²) < 4.78 is 5.12. The molecule has 7 aromatic carbocycles. The Morgan fingerprint density at radius 2 is 0.500 bits per heavy atom. The fourth-order valence-corrected chi connectivity index (χ4v) is 9.47. The van der Waals surface area contributed by atoms with Gasteiger partial charge in [0.25, 0.3) is 0 Å². The van der Waals surface area contributed by atoms with Gasteiger partial charge in [0.2, 0.25) is 0 Å². The van der Waals surface area contributed by atoms with Gasteiger partial charge >= 0.3 is 0 Å². The largest absolute Gasteiger partial charge is 0.497 e. The standard InChI is InChI=1S/C11H13N3.C10H11N3O.3C10H11N3.C9H8ClN3.C9H9N3/c1-8-6-10(3)11(7-9(8)2)14-12-4-5-13-14;1-8-7-9(14-2)3-4-10(8)13-11-5-6-12-13;3*1-8-3-4-10(9(2)7-8)13-11-5-6-12-13;1-7-6-8(10)2-3-9(7)13-11-4-5-12-13;1-8-4-2-3-5-9(8)12-10-6-7-11-12/h4-7H,1-3H3;3-7H,1-2H3;3*3-7H,1-2H3;2-6H,1H3;2-7H,1H3. The molecule has 0 radical (unpaired) electrons. The zero-order chi connectivity index (χ0) is 65.5. The Labute approximate surface area is 540 Å². The second-order valence-electron chi connectivity index (χ2n) is 21.2. The lowest BCUT2D eigenvalue weighted by Gasteiger charge is -2.08. The molecule has 0 spiro atoms. The van der Waals surface area contributed by atoms with E-state index in [4.69, 9.17) is 16.3 Å². The molecule has 7 aromatic heterocycles. The summed E-state index contributed by atoms with van der Waals surface area (Å²) in [5.74, 6) is 0.846. The van der Waals surface area contributed by atoms with Crippen molar-refractivity contribution in [1.29, 1.82) is 0 Å². The van der Waals surface area contributed by atoms with Crippen LogP contribution in [-0.2, 0) is 0 Å². The minimum absolute atomic E-state index is 0.730. The molecule has 92 heavy (non-hydrogen) atoms. The number of aryl methyl sites for hydroxylation is 12. The van der Waals surface area contributed by atoms with E-state index in [1.165, 1.54) is 55.6 Å². The third kappa shape index (κ3) is 18.6. The predicted molar refractivity (Wildman–Crippen MR) is 358 cm³/mol. The smallest absolute Gasteiger partial charge is 0.119 e. The number of halogens is 1. The van der Waals surface area contributed by atoms with Crippen LogP contribution in [0.15, 0.2) is 214 Å². The average molecular weight is 1250 g/mol. The van der Waals surface area contributed by atoms with E-state index in [9.17, 15) is 0 Å². The average Bonchev–Trinajstić information content (AvgIpc) is 2.93. The van der Waals surface area contributed by atoms with Crippen LogP contribution in [0.2, 0.25) is 5.02 Å². The number of nitrogens with zero attached hydrogens (tertiary/aromatic N) is 21. The third-order valence-electron chi connectivity index (χ3n) is 14.0. The Bertz CT molecular complexity index is 4140. The fourth-order valence-electron chi connectivity index (χ4n) is 9.24. The summed E-state index contributed by atoms with van der Waals surface area (Å²) in [4.78, 5) is 11.3. The molecule has 0 bridgehead atoms. The molecule has 14 aromatic rings. The molecular formula is C69H74ClN21O. The summed E-state index contributed by atoms with van der Waals surface area (Å²) in [5.41, 5.74) is 21.6. The van der Waals surface area contributed by atoms with Crippen LogP contribution in [0.25, 0.3) is 39.8 Å². The predicted octanol–water partition coefficient (Wildman–Crippen LogP) is 13.2. The second kappa shape index (κ2) is 32.7. The van der Waals surface area contributed by atoms with Gasteiger partial charge < -0.3 is 4.74 Å². The third-order valence-corrected chi connectivity index (χ3v) is 14.2. The summed E-state index contributed by atoms with van der Waals surface area (Å²) >= 11 is 5.83. The van der Waals surface area contributed by atoms with Crippen LogP contribution in [-0.4, -0.2) is 112 Å². The number of benzene rings is 7. The molecule has 7 heterocycles. The molecular weight excluding hydrogens is 1170 g/mol. The Morgan fingerprint density at radius 3 is 0.804 bits per heavy atom. The van der Waals surface area contributed by atoms with Crippen molar-refractivity contribution in [2.75, 3.05) is 7.11 Å². The minimum atomic E-state index is 0.730. The van der Waals surface area contributed by atoms with Crippen LogP contribution in [0.3, 0.4) is 0 Å². The molecule has 0 saturated heterocycles. The summed E-state index contributed by atoms with van der Waals surface area (Å²) in [5, 5.41) is 57.8. The first-order valence-electron chi connectivity index (χ1n) is 29.3. The quantitative estimate of drug-likeness (QED) is 0.138. The molecule has 22 nitrogen and oxygen atoms in total. The molecule has 0 atom stereocenters. The van der Waals surface area contributed by atoms with Crippen LogP contribution in [0.4, 0.5) is 0 Å². The monoisotopic (exact) mass is 1250 g/mol. The van der Waals surface area contributed by atoms with E-state index in [0.29, 0.717) is 0 Å². The van der Waals surface area contributed by atoms with Crippen LogP contribution in [0, 0.1) is 83.1 Å². The lowest BCUT2D eigenvalue weighted by Crippen LogP contribution is -2.02. The van der Waals surface area contributed by atoms with Crippen molar-refractivity contribution < 1.29 is 4.74 Å². The van der Waals surface area contributed by atoms with E-state index in [-0.39, 0.29) is 0 Å². The summed E-state index contributed by atoms with van der Waals surface area (Å²) in [6.07, 6.45) is 23.4. The molecule has 23 heteroatoms. The van der Waals surface area contributed by atoms with E-state index < -0.39 is 0 Å². The number of rotatable bonds is 8. The molecule has 0 amide bonds. The van der Waals surface area contributed by atoms with Gasteiger partial charge in [0.15, 0.2) is 0 Å². The topological polar surface area (TPSA) is 224 Å². The lowest BCUT2D eigenvalue weighted by atomic mass is 10.1. The zero-order valence-electron chi connectivity index (χ0n) is 53.9. The summed E-state index contributed by atoms with van der Waals surface area (Å²) in [7, 11) is 1.65. The van der Waals surface area contributed by atoms with Gasteiger partial charge in [-0.25, -0.2) is 0 Å². The second-order valence-corrected chi connectivity index (χ2v) is 21.6. The van der Waals surface area contributed by atoms with E-state index in [0.717, 1.165) is 61.7 Å². The summed E-state index contributed by atoms with van der Waals surface area (Å²) in [6.45, 7) is 24.7. The van der Waals surface area contributed by atoms with Crippen molar-refractivity contribution in [3.8, 4) is 45.6 Å². The van der Waals surface area contributed by atoms with Crippen molar-refractivity contribution >= 4 is 11.6 Å². The number of aromatic nitrogens is 21. The number of hydrogen-bond acceptors (Lipinski definition) is 15. The molecule has 0 saturated carbocycles. The lowest BCUT2D eigenvalue weighted by molar-refractivity contribution is 0.414. The molecule has 468 valence electrons. The van der Waals surface area contributed by atoms with Gasteiger partial charge in [-0.05, 0) is 200 Å². The van der Waals surface area contributed by atoms with Gasteiger partial charge in [-0.2, -0.15) is 105 Å². The zero-order valence-corrected chi connectivity index (χ0v) is 54.6. The molecule has 0 unspecified atom stereocenters. The van der Waals surface area contributed by atoms with Crippen molar-refractivity contribution in [3.05, 3.63) is 286 Å². The molecule has 0 N–H and O–H groups in total. The summed E-state index contributed by atoms with van der Waals surface area (Å²) in [6, 6.07) is 42.4. The first kappa shape index (κ1) is 66.6. The van der Waals surface area contributed by atoms with Crippen molar-refractivity contribution in [2.24, 2.45) is 0 Å². The van der Waals surface area contributed by atoms with Crippen LogP contribution in [0.1, 0.15) is 66.8 Å². The van der Waals surface area contributed by atoms with E-state index >= 15 is 0 Å². The molecule has 0 fully saturated rings. The van der Waals surface area contributed by atoms with Gasteiger partial charge in [-0.3, -0.25) is 0 Å². The highest BCUT2D eigenvalue weighted by atomic mass is 35.5. The van der Waals surface area contributed by atoms with E-state index in [2.05, 4.69) is 182 Å². The Kier molecular flexibility index (Phi) is 23.7. The number of hydrogen-bond donors (Lipinski definition) is 0. The number of para-hydroxylation sites is 1. The first-order valence-corrected chi connectivity index (χ1v) is 29.7. The minimum Gasteiger partial charge on any atom is -0.497 e. The van der Waals surface area contributed by atoms with Crippen molar-refractivity contribution in [1.82, 2.24) is 105 Å². The van der Waals surface area contributed by atoms with Crippen LogP contribution >= 0.6 is 11.6 Å². The van der Waals surface area contributed by atoms with Gasteiger partial charge in [0.05, 0.1) is 134 Å². The molecule has 0 aliphatic carbocycles. The molecule has 0 aliphatic rings. The maximum atomic E-state index is 5.83. The van der Waals surface area contributed by atoms with E-state index in [1.54, 1.807) is 127 Å². The maximum absolute atomic E-state index is 5.83. The van der Waals surface area contributed by atoms with Gasteiger partial charge in [0, 0.05) is 5.02 Å². The Hall–Kier alpha value is -11.4. The van der Waals surface area contributed by atoms with Gasteiger partial charge in [-0.15, -0.1) is 0 Å². The van der Waals surface area contributed by atoms with Crippen LogP contribution in [0.5, 0.6) is 5.75 Å². The highest BCUT2D eigenvalue weighted by Crippen LogP contribution is 2.21. The first-order chi connectivity index (χ1) is 44.5. The highest BCUT2D eigenvalue weighted by Gasteiger charge is 2.08. The van der Waals surface area contributed by atoms with Gasteiger partial charge in [0.1, 0.15) is 5.75 Å². The highest BCUT2D eigenvalue weighted by molar-refractivity contribution is 6.30. The number of methoxy groups -OCH3 is 1. The van der Waals surface area contributed by atoms with Crippen LogP contribution < -0.4 is 4.74 Å². The molecule has 14 rings (SSSR count). The van der Waals surface area contributed by atoms with Crippen molar-refractivity contribution in [3.63, 3.8) is 0 Å².